The molecule has 0 bridgehead atoms. The van der Waals surface area contributed by atoms with Crippen molar-refractivity contribution in [3.8, 4) is 22.6 Å². The van der Waals surface area contributed by atoms with Crippen LogP contribution in [0.3, 0.4) is 0 Å². The third kappa shape index (κ3) is 7.32. The van der Waals surface area contributed by atoms with E-state index in [9.17, 15) is 19.5 Å². The molecule has 0 aliphatic carbocycles. The highest BCUT2D eigenvalue weighted by atomic mass is 16.6. The third-order valence-electron chi connectivity index (χ3n) is 4.34. The van der Waals surface area contributed by atoms with Gasteiger partial charge in [0.05, 0.1) is 0 Å². The lowest BCUT2D eigenvalue weighted by molar-refractivity contribution is -0.139. The monoisotopic (exact) mass is 464 g/mol. The number of carbonyl (C=O) groups is 3. The first-order chi connectivity index (χ1) is 16.3. The minimum atomic E-state index is -1.32. The van der Waals surface area contributed by atoms with Crippen LogP contribution in [0.4, 0.5) is 0 Å². The summed E-state index contributed by atoms with van der Waals surface area (Å²) in [6.45, 7) is 13.4. The Morgan fingerprint density at radius 2 is 1.47 bits per heavy atom. The molecular weight excluding hydrogens is 440 g/mol. The lowest BCUT2D eigenvalue weighted by atomic mass is 9.97. The fraction of sp³-hybridized carbons (Fsp3) is 0.115. The van der Waals surface area contributed by atoms with Crippen molar-refractivity contribution >= 4 is 17.9 Å². The van der Waals surface area contributed by atoms with E-state index in [1.165, 1.54) is 12.1 Å². The first-order valence-electron chi connectivity index (χ1n) is 9.97. The van der Waals surface area contributed by atoms with E-state index >= 15 is 0 Å². The first kappa shape index (κ1) is 25.8. The van der Waals surface area contributed by atoms with Crippen molar-refractivity contribution in [3.63, 3.8) is 0 Å². The number of ether oxygens (including phenoxy) is 4. The quantitative estimate of drug-likeness (QED) is 0.166. The molecule has 0 saturated carbocycles. The largest absolute Gasteiger partial charge is 0.458 e. The molecule has 0 fully saturated rings. The molecule has 2 rings (SSSR count). The van der Waals surface area contributed by atoms with Crippen LogP contribution in [-0.4, -0.2) is 29.3 Å². The van der Waals surface area contributed by atoms with E-state index < -0.39 is 24.2 Å². The Kier molecular flexibility index (Phi) is 9.55. The van der Waals surface area contributed by atoms with Crippen LogP contribution < -0.4 is 9.47 Å². The number of carbonyl (C=O) groups excluding carboxylic acids is 3. The van der Waals surface area contributed by atoms with Crippen molar-refractivity contribution in [3.05, 3.63) is 98.1 Å². The van der Waals surface area contributed by atoms with Gasteiger partial charge < -0.3 is 24.1 Å². The summed E-state index contributed by atoms with van der Waals surface area (Å²) >= 11 is 0. The highest BCUT2D eigenvalue weighted by Gasteiger charge is 2.16. The maximum absolute atomic E-state index is 11.8. The average Bonchev–Trinajstić information content (AvgIpc) is 2.86. The van der Waals surface area contributed by atoms with Gasteiger partial charge in [-0.25, -0.2) is 14.4 Å². The van der Waals surface area contributed by atoms with Crippen molar-refractivity contribution in [2.45, 2.75) is 19.5 Å². The number of benzene rings is 2. The molecule has 0 heterocycles. The number of aliphatic hydroxyl groups excluding tert-OH is 1. The highest BCUT2D eigenvalue weighted by molar-refractivity contribution is 5.85. The van der Waals surface area contributed by atoms with Crippen LogP contribution in [0, 0.1) is 0 Å². The van der Waals surface area contributed by atoms with Gasteiger partial charge >= 0.3 is 17.9 Å². The normalized spacial score (nSPS) is 10.9. The Morgan fingerprint density at radius 1 is 0.824 bits per heavy atom. The van der Waals surface area contributed by atoms with E-state index in [-0.39, 0.29) is 24.7 Å². The molecule has 0 amide bonds. The van der Waals surface area contributed by atoms with E-state index in [0.717, 1.165) is 24.3 Å². The Balaban J connectivity index is 2.50. The molecule has 0 aromatic heterocycles. The summed E-state index contributed by atoms with van der Waals surface area (Å²) < 4.78 is 20.9. The van der Waals surface area contributed by atoms with E-state index in [0.29, 0.717) is 22.3 Å². The fourth-order valence-corrected chi connectivity index (χ4v) is 2.74. The van der Waals surface area contributed by atoms with Crippen molar-refractivity contribution in [2.75, 3.05) is 0 Å². The van der Waals surface area contributed by atoms with Crippen LogP contribution in [0.15, 0.2) is 87.0 Å². The van der Waals surface area contributed by atoms with Crippen LogP contribution in [0.5, 0.6) is 11.5 Å². The predicted octanol–water partition coefficient (Wildman–Crippen LogP) is 3.79. The average molecular weight is 464 g/mol. The molecule has 0 radical (unpaired) electrons. The molecule has 0 aliphatic rings. The number of rotatable bonds is 12. The van der Waals surface area contributed by atoms with Crippen molar-refractivity contribution in [1.29, 1.82) is 0 Å². The van der Waals surface area contributed by atoms with Gasteiger partial charge in [0.2, 0.25) is 6.29 Å². The SMILES string of the molecule is C=CC(=O)OCc1ccc(-c2ccc(OC(O)C=C)c(OC(=O)C=C)c2)c(COC(=O)C=C)c1. The molecule has 2 aromatic carbocycles. The maximum Gasteiger partial charge on any atom is 0.335 e. The molecule has 1 N–H and O–H groups in total. The summed E-state index contributed by atoms with van der Waals surface area (Å²) in [6.07, 6.45) is 2.93. The summed E-state index contributed by atoms with van der Waals surface area (Å²) in [7, 11) is 0. The zero-order valence-corrected chi connectivity index (χ0v) is 18.4. The zero-order valence-electron chi connectivity index (χ0n) is 18.4. The second-order valence-electron chi connectivity index (χ2n) is 6.65. The summed E-state index contributed by atoms with van der Waals surface area (Å²) in [4.78, 5) is 34.8. The molecule has 0 saturated heterocycles. The molecule has 176 valence electrons. The van der Waals surface area contributed by atoms with E-state index in [4.69, 9.17) is 18.9 Å². The number of esters is 3. The van der Waals surface area contributed by atoms with Crippen molar-refractivity contribution < 1.29 is 38.4 Å². The van der Waals surface area contributed by atoms with Crippen LogP contribution >= 0.6 is 0 Å². The molecule has 8 nitrogen and oxygen atoms in total. The predicted molar refractivity (Wildman–Crippen MR) is 125 cm³/mol. The van der Waals surface area contributed by atoms with Crippen LogP contribution in [0.25, 0.3) is 11.1 Å². The van der Waals surface area contributed by atoms with Crippen LogP contribution in [0.1, 0.15) is 11.1 Å². The molecular formula is C26H24O8. The molecule has 0 spiro atoms. The van der Waals surface area contributed by atoms with E-state index in [1.54, 1.807) is 24.3 Å². The van der Waals surface area contributed by atoms with Gasteiger partial charge in [0.25, 0.3) is 0 Å². The van der Waals surface area contributed by atoms with Gasteiger partial charge in [-0.05, 0) is 46.5 Å². The minimum Gasteiger partial charge on any atom is -0.458 e. The van der Waals surface area contributed by atoms with Gasteiger partial charge in [0, 0.05) is 18.2 Å². The fourth-order valence-electron chi connectivity index (χ4n) is 2.74. The number of aliphatic hydroxyl groups is 1. The molecule has 2 aromatic rings. The van der Waals surface area contributed by atoms with Crippen molar-refractivity contribution in [2.24, 2.45) is 0 Å². The van der Waals surface area contributed by atoms with Gasteiger partial charge in [-0.15, -0.1) is 0 Å². The Labute approximate surface area is 197 Å². The zero-order chi connectivity index (χ0) is 25.1. The first-order valence-corrected chi connectivity index (χ1v) is 9.97. The second-order valence-corrected chi connectivity index (χ2v) is 6.65. The van der Waals surface area contributed by atoms with Crippen LogP contribution in [-0.2, 0) is 37.1 Å². The summed E-state index contributed by atoms with van der Waals surface area (Å²) in [5.41, 5.74) is 2.47. The Hall–Kier alpha value is -4.43. The summed E-state index contributed by atoms with van der Waals surface area (Å²) in [5.74, 6) is -1.79. The van der Waals surface area contributed by atoms with Gasteiger partial charge in [-0.1, -0.05) is 44.5 Å². The number of hydrogen-bond donors (Lipinski definition) is 1. The molecule has 34 heavy (non-hydrogen) atoms. The third-order valence-corrected chi connectivity index (χ3v) is 4.34. The van der Waals surface area contributed by atoms with Crippen LogP contribution in [0.2, 0.25) is 0 Å². The number of hydrogen-bond acceptors (Lipinski definition) is 8. The topological polar surface area (TPSA) is 108 Å². The Bertz CT molecular complexity index is 1120. The van der Waals surface area contributed by atoms with Gasteiger partial charge in [-0.3, -0.25) is 0 Å². The van der Waals surface area contributed by atoms with Gasteiger partial charge in [-0.2, -0.15) is 0 Å². The lowest BCUT2D eigenvalue weighted by Gasteiger charge is -2.16. The minimum absolute atomic E-state index is 0.0119. The molecule has 0 aliphatic heterocycles. The maximum atomic E-state index is 11.8. The standard InChI is InChI=1S/C26H24O8/c1-5-23(27)31-15-17-9-11-20(19(13-17)16-32-24(28)6-2)18-10-12-21(33-25(29)7-3)22(14-18)34-26(30)8-4/h5-14,25,29H,1-4,15-16H2. The summed E-state index contributed by atoms with van der Waals surface area (Å²) in [5, 5.41) is 9.74. The van der Waals surface area contributed by atoms with Crippen molar-refractivity contribution in [1.82, 2.24) is 0 Å². The second kappa shape index (κ2) is 12.6. The molecule has 1 unspecified atom stereocenters. The molecule has 8 heteroatoms. The smallest absolute Gasteiger partial charge is 0.335 e. The lowest BCUT2D eigenvalue weighted by Crippen LogP contribution is -2.13. The van der Waals surface area contributed by atoms with E-state index in [2.05, 4.69) is 26.3 Å². The Morgan fingerprint density at radius 3 is 2.09 bits per heavy atom. The van der Waals surface area contributed by atoms with Gasteiger partial charge in [0.1, 0.15) is 13.2 Å². The summed E-state index contributed by atoms with van der Waals surface area (Å²) in [6, 6.07) is 9.88. The highest BCUT2D eigenvalue weighted by Crippen LogP contribution is 2.35. The molecule has 1 atom stereocenters. The van der Waals surface area contributed by atoms with Gasteiger partial charge in [0.15, 0.2) is 11.5 Å². The van der Waals surface area contributed by atoms with E-state index in [1.807, 2.05) is 0 Å².